The second kappa shape index (κ2) is 6.62. The first kappa shape index (κ1) is 12.3. The number of aliphatic hydroxyl groups excluding tert-OH is 1. The summed E-state index contributed by atoms with van der Waals surface area (Å²) in [5.41, 5.74) is 3.63. The zero-order valence-corrected chi connectivity index (χ0v) is 9.79. The monoisotopic (exact) mass is 205 g/mol. The van der Waals surface area contributed by atoms with E-state index in [0.29, 0.717) is 0 Å². The highest BCUT2D eigenvalue weighted by atomic mass is 16.3. The minimum absolute atomic E-state index is 0.937. The summed E-state index contributed by atoms with van der Waals surface area (Å²) in [5.74, 6) is 0. The number of unbranched alkanes of at least 4 members (excludes halogenated alkanes) is 1. The van der Waals surface area contributed by atoms with Crippen LogP contribution in [0.4, 0.5) is 0 Å². The molecule has 1 aromatic rings. The molecule has 0 saturated carbocycles. The highest BCUT2D eigenvalue weighted by molar-refractivity contribution is 5.33. The third-order valence-corrected chi connectivity index (χ3v) is 2.58. The Morgan fingerprint density at radius 1 is 1.00 bits per heavy atom. The van der Waals surface area contributed by atoms with Crippen molar-refractivity contribution in [1.29, 1.82) is 0 Å². The van der Waals surface area contributed by atoms with E-state index in [0.717, 1.165) is 24.8 Å². The molecule has 83 valence electrons. The van der Waals surface area contributed by atoms with E-state index >= 15 is 0 Å². The summed E-state index contributed by atoms with van der Waals surface area (Å²) in [6, 6.07) is 6.42. The summed E-state index contributed by atoms with van der Waals surface area (Å²) < 4.78 is 0. The zero-order valence-electron chi connectivity index (χ0n) is 9.79. The predicted molar refractivity (Wildman–Crippen MR) is 64.4 cm³/mol. The molecule has 1 rings (SSSR count). The van der Waals surface area contributed by atoms with Crippen LogP contribution in [0.25, 0.3) is 0 Å². The number of hydrogen-bond donors (Lipinski definition) is 1. The number of rotatable bonds is 6. The van der Waals surface area contributed by atoms with Gasteiger partial charge < -0.3 is 5.11 Å². The largest absolute Gasteiger partial charge is 0.385 e. The second-order valence-electron chi connectivity index (χ2n) is 4.07. The van der Waals surface area contributed by atoms with Crippen molar-refractivity contribution in [2.45, 2.75) is 46.0 Å². The average Bonchev–Trinajstić information content (AvgIpc) is 2.26. The maximum atomic E-state index is 9.06. The van der Waals surface area contributed by atoms with Crippen molar-refractivity contribution in [3.8, 4) is 0 Å². The molecule has 0 aliphatic heterocycles. The molecule has 0 aliphatic rings. The minimum Gasteiger partial charge on any atom is -0.385 e. The van der Waals surface area contributed by atoms with Crippen LogP contribution in [0.2, 0.25) is 0 Å². The van der Waals surface area contributed by atoms with Crippen molar-refractivity contribution in [3.05, 3.63) is 41.5 Å². The maximum absolute atomic E-state index is 9.06. The van der Waals surface area contributed by atoms with Gasteiger partial charge in [-0.3, -0.25) is 0 Å². The van der Waals surface area contributed by atoms with Crippen LogP contribution in [0.3, 0.4) is 0 Å². The molecule has 0 atom stereocenters. The molecular weight excluding hydrogens is 184 g/mol. The molecule has 1 aromatic carbocycles. The Labute approximate surface area is 93.1 Å². The fourth-order valence-electron chi connectivity index (χ4n) is 1.82. The SMILES string of the molecule is CCCCc1cc([CH]O)cc(CCC)c1. The van der Waals surface area contributed by atoms with Gasteiger partial charge in [-0.05, 0) is 36.0 Å². The Balaban J connectivity index is 2.79. The molecule has 0 fully saturated rings. The molecule has 0 heterocycles. The highest BCUT2D eigenvalue weighted by Crippen LogP contribution is 2.15. The van der Waals surface area contributed by atoms with Gasteiger partial charge in [0.05, 0.1) is 0 Å². The number of benzene rings is 1. The average molecular weight is 205 g/mol. The first-order valence-corrected chi connectivity index (χ1v) is 5.90. The van der Waals surface area contributed by atoms with Gasteiger partial charge in [-0.25, -0.2) is 0 Å². The lowest BCUT2D eigenvalue weighted by Gasteiger charge is -2.07. The number of aliphatic hydroxyl groups is 1. The van der Waals surface area contributed by atoms with E-state index in [1.807, 2.05) is 0 Å². The van der Waals surface area contributed by atoms with Crippen LogP contribution in [-0.2, 0) is 12.8 Å². The quantitative estimate of drug-likeness (QED) is 0.747. The van der Waals surface area contributed by atoms with E-state index < -0.39 is 0 Å². The number of aryl methyl sites for hydroxylation is 2. The smallest absolute Gasteiger partial charge is 0.109 e. The zero-order chi connectivity index (χ0) is 11.1. The Bertz CT molecular complexity index is 291. The predicted octanol–water partition coefficient (Wildman–Crippen LogP) is 3.86. The summed E-state index contributed by atoms with van der Waals surface area (Å²) in [7, 11) is 0. The van der Waals surface area contributed by atoms with Crippen molar-refractivity contribution < 1.29 is 5.11 Å². The van der Waals surface area contributed by atoms with Crippen LogP contribution in [0.5, 0.6) is 0 Å². The van der Waals surface area contributed by atoms with Crippen LogP contribution >= 0.6 is 0 Å². The normalized spacial score (nSPS) is 10.6. The van der Waals surface area contributed by atoms with Gasteiger partial charge in [-0.1, -0.05) is 44.9 Å². The molecule has 1 N–H and O–H groups in total. The van der Waals surface area contributed by atoms with E-state index in [2.05, 4.69) is 32.0 Å². The van der Waals surface area contributed by atoms with Crippen LogP contribution in [0.15, 0.2) is 18.2 Å². The van der Waals surface area contributed by atoms with Crippen LogP contribution in [-0.4, -0.2) is 5.11 Å². The molecule has 0 aliphatic carbocycles. The van der Waals surface area contributed by atoms with Crippen LogP contribution < -0.4 is 0 Å². The van der Waals surface area contributed by atoms with Crippen LogP contribution in [0.1, 0.15) is 49.8 Å². The molecule has 0 bridgehead atoms. The summed E-state index contributed by atoms with van der Waals surface area (Å²) >= 11 is 0. The van der Waals surface area contributed by atoms with Crippen molar-refractivity contribution in [1.82, 2.24) is 0 Å². The van der Waals surface area contributed by atoms with E-state index in [-0.39, 0.29) is 0 Å². The summed E-state index contributed by atoms with van der Waals surface area (Å²) in [6.07, 6.45) is 5.81. The van der Waals surface area contributed by atoms with Gasteiger partial charge in [0, 0.05) is 0 Å². The van der Waals surface area contributed by atoms with Gasteiger partial charge in [0.1, 0.15) is 6.61 Å². The highest BCUT2D eigenvalue weighted by Gasteiger charge is 2.00. The Morgan fingerprint density at radius 3 is 2.20 bits per heavy atom. The van der Waals surface area contributed by atoms with Crippen molar-refractivity contribution >= 4 is 0 Å². The van der Waals surface area contributed by atoms with Crippen molar-refractivity contribution in [2.24, 2.45) is 0 Å². The lowest BCUT2D eigenvalue weighted by molar-refractivity contribution is 0.414. The maximum Gasteiger partial charge on any atom is 0.109 e. The molecule has 0 amide bonds. The lowest BCUT2D eigenvalue weighted by Crippen LogP contribution is -1.93. The molecule has 0 unspecified atom stereocenters. The molecule has 0 saturated heterocycles. The van der Waals surface area contributed by atoms with Crippen molar-refractivity contribution in [2.75, 3.05) is 0 Å². The Hall–Kier alpha value is -0.820. The molecule has 1 heteroatoms. The Kier molecular flexibility index (Phi) is 5.41. The molecule has 0 aromatic heterocycles. The van der Waals surface area contributed by atoms with Gasteiger partial charge in [0.25, 0.3) is 0 Å². The van der Waals surface area contributed by atoms with Gasteiger partial charge in [0.2, 0.25) is 0 Å². The van der Waals surface area contributed by atoms with Crippen molar-refractivity contribution in [3.63, 3.8) is 0 Å². The molecule has 1 radical (unpaired) electrons. The molecule has 1 nitrogen and oxygen atoms in total. The standard InChI is InChI=1S/C14H21O/c1-3-5-7-13-8-12(6-4-2)9-14(10-13)11-15/h8-11,15H,3-7H2,1-2H3. The minimum atomic E-state index is 0.937. The number of hydrogen-bond acceptors (Lipinski definition) is 1. The molecular formula is C14H21O. The van der Waals surface area contributed by atoms with E-state index in [1.165, 1.54) is 30.6 Å². The van der Waals surface area contributed by atoms with Gasteiger partial charge >= 0.3 is 0 Å². The topological polar surface area (TPSA) is 20.2 Å². The fourth-order valence-corrected chi connectivity index (χ4v) is 1.82. The second-order valence-corrected chi connectivity index (χ2v) is 4.07. The summed E-state index contributed by atoms with van der Waals surface area (Å²) in [5, 5.41) is 9.06. The first-order chi connectivity index (χ1) is 7.30. The first-order valence-electron chi connectivity index (χ1n) is 5.90. The van der Waals surface area contributed by atoms with Gasteiger partial charge in [-0.2, -0.15) is 0 Å². The lowest BCUT2D eigenvalue weighted by atomic mass is 10.00. The Morgan fingerprint density at radius 2 is 1.67 bits per heavy atom. The third-order valence-electron chi connectivity index (χ3n) is 2.58. The van der Waals surface area contributed by atoms with Gasteiger partial charge in [-0.15, -0.1) is 0 Å². The van der Waals surface area contributed by atoms with Crippen LogP contribution in [0, 0.1) is 6.61 Å². The third kappa shape index (κ3) is 4.05. The summed E-state index contributed by atoms with van der Waals surface area (Å²) in [4.78, 5) is 0. The molecule has 0 spiro atoms. The fraction of sp³-hybridized carbons (Fsp3) is 0.500. The van der Waals surface area contributed by atoms with Gasteiger partial charge in [0.15, 0.2) is 0 Å². The van der Waals surface area contributed by atoms with E-state index in [4.69, 9.17) is 5.11 Å². The van der Waals surface area contributed by atoms with E-state index in [9.17, 15) is 0 Å². The molecule has 15 heavy (non-hydrogen) atoms. The summed E-state index contributed by atoms with van der Waals surface area (Å²) in [6.45, 7) is 5.59. The van der Waals surface area contributed by atoms with E-state index in [1.54, 1.807) is 0 Å².